The molecule has 2 saturated heterocycles. The van der Waals surface area contributed by atoms with Crippen LogP contribution in [-0.4, -0.2) is 61.2 Å². The lowest BCUT2D eigenvalue weighted by Gasteiger charge is -2.35. The Morgan fingerprint density at radius 3 is 2.77 bits per heavy atom. The number of aromatic nitrogens is 5. The lowest BCUT2D eigenvalue weighted by Crippen LogP contribution is -2.50. The molecule has 162 valence electrons. The van der Waals surface area contributed by atoms with E-state index in [1.165, 1.54) is 30.2 Å². The molecule has 2 fully saturated rings. The highest BCUT2D eigenvalue weighted by molar-refractivity contribution is 5.88. The highest BCUT2D eigenvalue weighted by Crippen LogP contribution is 2.40. The summed E-state index contributed by atoms with van der Waals surface area (Å²) in [5.41, 5.74) is 0.000640. The van der Waals surface area contributed by atoms with Crippen LogP contribution >= 0.6 is 0 Å². The molecule has 0 amide bonds. The number of hydrogen-bond acceptors (Lipinski definition) is 8. The minimum Gasteiger partial charge on any atom is -0.507 e. The van der Waals surface area contributed by atoms with Crippen molar-refractivity contribution >= 4 is 16.6 Å². The molecular weight excluding hydrogens is 408 g/mol. The monoisotopic (exact) mass is 429 g/mol. The number of anilines is 1. The Kier molecular flexibility index (Phi) is 4.40. The molecule has 2 aromatic heterocycles. The summed E-state index contributed by atoms with van der Waals surface area (Å²) in [4.78, 5) is 18.3. The average molecular weight is 429 g/mol. The normalized spacial score (nSPS) is 24.5. The molecule has 0 spiro atoms. The fraction of sp³-hybridized carbons (Fsp3) is 0.450. The van der Waals surface area contributed by atoms with Crippen LogP contribution in [0.2, 0.25) is 0 Å². The molecule has 5 rings (SSSR count). The van der Waals surface area contributed by atoms with Crippen molar-refractivity contribution in [3.63, 3.8) is 0 Å². The Bertz CT molecular complexity index is 1210. The predicted octanol–water partition coefficient (Wildman–Crippen LogP) is 1.46. The Hall–Kier alpha value is -3.21. The minimum atomic E-state index is -2.68. The van der Waals surface area contributed by atoms with E-state index >= 15 is 0 Å². The molecule has 2 N–H and O–H groups in total. The number of alkyl halides is 2. The highest BCUT2D eigenvalue weighted by Gasteiger charge is 2.53. The van der Waals surface area contributed by atoms with Crippen molar-refractivity contribution in [2.45, 2.75) is 43.3 Å². The number of nitrogens with zero attached hydrogens (tertiary/aromatic N) is 6. The van der Waals surface area contributed by atoms with Crippen molar-refractivity contribution in [3.05, 3.63) is 34.9 Å². The molecule has 3 unspecified atom stereocenters. The first kappa shape index (κ1) is 19.7. The van der Waals surface area contributed by atoms with Crippen molar-refractivity contribution in [2.75, 3.05) is 11.9 Å². The van der Waals surface area contributed by atoms with Crippen LogP contribution in [0.3, 0.4) is 0 Å². The molecule has 4 heterocycles. The largest absolute Gasteiger partial charge is 0.507 e. The number of phenolic OH excluding ortho intramolecular Hbond substituents is 1. The van der Waals surface area contributed by atoms with Gasteiger partial charge in [-0.15, -0.1) is 10.2 Å². The summed E-state index contributed by atoms with van der Waals surface area (Å²) in [5, 5.41) is 26.6. The van der Waals surface area contributed by atoms with Crippen LogP contribution in [0, 0.1) is 0 Å². The van der Waals surface area contributed by atoms with Gasteiger partial charge in [-0.3, -0.25) is 4.79 Å². The first-order valence-corrected chi connectivity index (χ1v) is 9.99. The van der Waals surface area contributed by atoms with Crippen LogP contribution < -0.4 is 15.8 Å². The van der Waals surface area contributed by atoms with Gasteiger partial charge in [0.05, 0.1) is 29.4 Å². The third-order valence-electron chi connectivity index (χ3n) is 6.29. The van der Waals surface area contributed by atoms with Gasteiger partial charge in [-0.1, -0.05) is 0 Å². The number of piperidine rings is 1. The van der Waals surface area contributed by atoms with Gasteiger partial charge >= 0.3 is 0 Å². The summed E-state index contributed by atoms with van der Waals surface area (Å²) in [6.07, 6.45) is 3.81. The molecule has 0 saturated carbocycles. The smallest absolute Gasteiger partial charge is 0.274 e. The highest BCUT2D eigenvalue weighted by atomic mass is 19.3. The molecule has 2 aliphatic rings. The van der Waals surface area contributed by atoms with Gasteiger partial charge in [0.2, 0.25) is 0 Å². The molecule has 0 radical (unpaired) electrons. The number of fused-ring (bicyclic) bond motifs is 3. The van der Waals surface area contributed by atoms with Crippen molar-refractivity contribution < 1.29 is 13.9 Å². The van der Waals surface area contributed by atoms with Crippen LogP contribution in [0.4, 0.5) is 14.6 Å². The summed E-state index contributed by atoms with van der Waals surface area (Å²) >= 11 is 0. The van der Waals surface area contributed by atoms with E-state index in [9.17, 15) is 18.7 Å². The van der Waals surface area contributed by atoms with Gasteiger partial charge in [0.1, 0.15) is 5.75 Å². The Morgan fingerprint density at radius 1 is 1.26 bits per heavy atom. The number of halogens is 2. The molecule has 1 aromatic carbocycles. The Labute approximate surface area is 175 Å². The maximum Gasteiger partial charge on any atom is 0.274 e. The van der Waals surface area contributed by atoms with E-state index in [0.29, 0.717) is 35.0 Å². The van der Waals surface area contributed by atoms with Crippen LogP contribution in [0.1, 0.15) is 19.3 Å². The Morgan fingerprint density at radius 2 is 2.06 bits per heavy atom. The number of benzene rings is 1. The number of hydrogen-bond donors (Lipinski definition) is 2. The van der Waals surface area contributed by atoms with Crippen molar-refractivity contribution in [2.24, 2.45) is 7.05 Å². The second kappa shape index (κ2) is 6.91. The third-order valence-corrected chi connectivity index (χ3v) is 6.29. The molecule has 2 bridgehead atoms. The second-order valence-electron chi connectivity index (χ2n) is 8.29. The first-order chi connectivity index (χ1) is 14.7. The fourth-order valence-corrected chi connectivity index (χ4v) is 4.53. The molecule has 11 heteroatoms. The number of nitrogens with one attached hydrogen (secondary N) is 1. The van der Waals surface area contributed by atoms with Crippen LogP contribution in [0.15, 0.2) is 29.3 Å². The molecular formula is C20H21F2N7O2. The van der Waals surface area contributed by atoms with E-state index in [1.807, 2.05) is 4.90 Å². The van der Waals surface area contributed by atoms with Gasteiger partial charge in [-0.2, -0.15) is 5.10 Å². The van der Waals surface area contributed by atoms with E-state index in [0.717, 1.165) is 0 Å². The molecule has 2 aliphatic heterocycles. The van der Waals surface area contributed by atoms with E-state index in [4.69, 9.17) is 0 Å². The van der Waals surface area contributed by atoms with Gasteiger partial charge in [0, 0.05) is 38.0 Å². The maximum absolute atomic E-state index is 14.0. The molecule has 9 nitrogen and oxygen atoms in total. The molecule has 3 atom stereocenters. The summed E-state index contributed by atoms with van der Waals surface area (Å²) in [6.45, 7) is 0. The summed E-state index contributed by atoms with van der Waals surface area (Å²) in [6, 6.07) is 1.82. The van der Waals surface area contributed by atoms with Gasteiger partial charge < -0.3 is 15.3 Å². The zero-order chi connectivity index (χ0) is 21.9. The first-order valence-electron chi connectivity index (χ1n) is 9.99. The lowest BCUT2D eigenvalue weighted by atomic mass is 9.98. The zero-order valence-corrected chi connectivity index (χ0v) is 17.0. The van der Waals surface area contributed by atoms with Gasteiger partial charge in [-0.05, 0) is 25.0 Å². The number of aromatic hydroxyl groups is 1. The molecule has 0 aliphatic carbocycles. The van der Waals surface area contributed by atoms with Crippen molar-refractivity contribution in [3.8, 4) is 17.1 Å². The second-order valence-corrected chi connectivity index (χ2v) is 8.29. The summed E-state index contributed by atoms with van der Waals surface area (Å²) in [5.74, 6) is -2.17. The SMILES string of the molecule is CN(c1cnc(-c2cc3cnn(C)c(=O)c3cc2O)nn1)C1CC2CC(F)(F)C(C1)N2. The fourth-order valence-electron chi connectivity index (χ4n) is 4.53. The summed E-state index contributed by atoms with van der Waals surface area (Å²) < 4.78 is 29.2. The summed E-state index contributed by atoms with van der Waals surface area (Å²) in [7, 11) is 3.33. The standard InChI is InChI=1S/C20H21F2N7O2/c1-28(12-4-11-7-20(21,22)16(5-12)25-11)17-9-23-18(27-26-17)14-3-10-8-24-29(2)19(31)13(10)6-15(14)30/h3,6,8-9,11-12,16,25,30H,4-5,7H2,1-2H3. The number of aryl methyl sites for hydroxylation is 1. The molecule has 31 heavy (non-hydrogen) atoms. The minimum absolute atomic E-state index is 0.0945. The van der Waals surface area contributed by atoms with Crippen molar-refractivity contribution in [1.29, 1.82) is 0 Å². The van der Waals surface area contributed by atoms with E-state index in [2.05, 4.69) is 25.6 Å². The van der Waals surface area contributed by atoms with Crippen LogP contribution in [0.25, 0.3) is 22.2 Å². The lowest BCUT2D eigenvalue weighted by molar-refractivity contribution is -0.0128. The quantitative estimate of drug-likeness (QED) is 0.644. The third kappa shape index (κ3) is 3.29. The van der Waals surface area contributed by atoms with E-state index in [-0.39, 0.29) is 35.6 Å². The average Bonchev–Trinajstić information content (AvgIpc) is 2.96. The topological polar surface area (TPSA) is 109 Å². The van der Waals surface area contributed by atoms with E-state index in [1.54, 1.807) is 13.1 Å². The van der Waals surface area contributed by atoms with Crippen molar-refractivity contribution in [1.82, 2.24) is 30.3 Å². The number of rotatable bonds is 3. The van der Waals surface area contributed by atoms with Crippen LogP contribution in [0.5, 0.6) is 5.75 Å². The van der Waals surface area contributed by atoms with Gasteiger partial charge in [-0.25, -0.2) is 18.4 Å². The van der Waals surface area contributed by atoms with E-state index < -0.39 is 12.0 Å². The molecule has 3 aromatic rings. The van der Waals surface area contributed by atoms with Crippen LogP contribution in [-0.2, 0) is 7.05 Å². The number of phenols is 1. The van der Waals surface area contributed by atoms with Gasteiger partial charge in [0.25, 0.3) is 11.5 Å². The Balaban J connectivity index is 1.41. The zero-order valence-electron chi connectivity index (χ0n) is 17.0. The maximum atomic E-state index is 14.0. The van der Waals surface area contributed by atoms with Gasteiger partial charge in [0.15, 0.2) is 11.6 Å². The predicted molar refractivity (Wildman–Crippen MR) is 109 cm³/mol.